The van der Waals surface area contributed by atoms with Crippen LogP contribution < -0.4 is 9.47 Å². The largest absolute Gasteiger partial charge is 0.520 e. The zero-order chi connectivity index (χ0) is 39.3. The van der Waals surface area contributed by atoms with Crippen molar-refractivity contribution in [2.45, 2.75) is 102 Å². The molecule has 6 nitrogen and oxygen atoms in total. The second-order valence-electron chi connectivity index (χ2n) is 15.4. The van der Waals surface area contributed by atoms with Crippen LogP contribution in [0.2, 0.25) is 0 Å². The third-order valence-corrected chi connectivity index (χ3v) is 18.1. The van der Waals surface area contributed by atoms with Crippen molar-refractivity contribution in [3.63, 3.8) is 0 Å². The molecule has 0 N–H and O–H groups in total. The van der Waals surface area contributed by atoms with Gasteiger partial charge in [0.25, 0.3) is 0 Å². The summed E-state index contributed by atoms with van der Waals surface area (Å²) < 4.78 is 15.5. The van der Waals surface area contributed by atoms with Gasteiger partial charge >= 0.3 is 5.82 Å². The number of ether oxygens (including phenoxy) is 2. The second-order valence-corrected chi connectivity index (χ2v) is 20.7. The summed E-state index contributed by atoms with van der Waals surface area (Å²) in [5.41, 5.74) is 6.15. The number of nitriles is 2. The second kappa shape index (κ2) is 15.4. The van der Waals surface area contributed by atoms with Crippen LogP contribution in [-0.4, -0.2) is 13.2 Å². The van der Waals surface area contributed by atoms with Gasteiger partial charge in [-0.2, -0.15) is 20.2 Å². The molecule has 0 amide bonds. The predicted molar refractivity (Wildman–Crippen MR) is 239 cm³/mol. The van der Waals surface area contributed by atoms with Gasteiger partial charge in [-0.1, -0.05) is 52.4 Å². The molecule has 0 bridgehead atoms. The minimum Gasteiger partial charge on any atom is -0.492 e. The van der Waals surface area contributed by atoms with Crippen molar-refractivity contribution >= 4 is 89.9 Å². The van der Waals surface area contributed by atoms with Gasteiger partial charge in [0.2, 0.25) is 0 Å². The Bertz CT molecular complexity index is 2650. The van der Waals surface area contributed by atoms with E-state index in [9.17, 15) is 10.5 Å². The van der Waals surface area contributed by atoms with Crippen LogP contribution in [0.1, 0.15) is 127 Å². The fourth-order valence-electron chi connectivity index (χ4n) is 9.75. The lowest BCUT2D eigenvalue weighted by Gasteiger charge is -2.42. The summed E-state index contributed by atoms with van der Waals surface area (Å²) in [6.07, 6.45) is 19.7. The van der Waals surface area contributed by atoms with Gasteiger partial charge in [0.05, 0.1) is 37.4 Å². The van der Waals surface area contributed by atoms with E-state index in [-0.39, 0.29) is 22.2 Å². The number of nitrogens with zero attached hydrogens (tertiary/aromatic N) is 4. The minimum atomic E-state index is -0.0906. The molecule has 2 fully saturated rings. The van der Waals surface area contributed by atoms with Crippen LogP contribution in [0.15, 0.2) is 29.6 Å². The summed E-state index contributed by atoms with van der Waals surface area (Å²) in [4.78, 5) is 16.5. The fourth-order valence-corrected chi connectivity index (χ4v) is 16.5. The maximum Gasteiger partial charge on any atom is 0.520 e. The van der Waals surface area contributed by atoms with E-state index in [1.54, 1.807) is 51.5 Å². The number of rotatable bonds is 10. The number of thiophene rings is 5. The molecule has 0 radical (unpaired) electrons. The Labute approximate surface area is 354 Å². The number of hydrogen-bond donors (Lipinski definition) is 0. The van der Waals surface area contributed by atoms with Crippen LogP contribution in [-0.2, 0) is 10.8 Å². The fraction of sp³-hybridized carbons (Fsp3) is 0.391. The molecule has 0 saturated heterocycles. The molecule has 2 spiro atoms. The van der Waals surface area contributed by atoms with E-state index in [0.717, 1.165) is 51.8 Å². The summed E-state index contributed by atoms with van der Waals surface area (Å²) in [7, 11) is 0. The Balaban J connectivity index is 1.20. The van der Waals surface area contributed by atoms with Gasteiger partial charge in [-0.25, -0.2) is 0 Å². The molecule has 5 aromatic heterocycles. The summed E-state index contributed by atoms with van der Waals surface area (Å²) >= 11 is 9.15. The molecule has 5 heterocycles. The van der Waals surface area contributed by atoms with Gasteiger partial charge in [0, 0.05) is 46.7 Å². The first kappa shape index (κ1) is 38.1. The van der Waals surface area contributed by atoms with Crippen molar-refractivity contribution < 1.29 is 9.47 Å². The Hall–Kier alpha value is -4.46. The molecule has 0 aromatic carbocycles. The molecule has 4 aliphatic carbocycles. The van der Waals surface area contributed by atoms with E-state index < -0.39 is 0 Å². The number of fused-ring (bicyclic) bond motifs is 10. The quantitative estimate of drug-likeness (QED) is 0.104. The average Bonchev–Trinajstić information content (AvgIpc) is 4.10. The van der Waals surface area contributed by atoms with E-state index in [4.69, 9.17) is 22.6 Å². The van der Waals surface area contributed by atoms with Crippen molar-refractivity contribution in [2.75, 3.05) is 13.2 Å². The van der Waals surface area contributed by atoms with E-state index in [1.807, 2.05) is 52.2 Å². The topological polar surface area (TPSA) is 74.8 Å². The highest BCUT2D eigenvalue weighted by Crippen LogP contribution is 2.70. The highest BCUT2D eigenvalue weighted by atomic mass is 32.1. The van der Waals surface area contributed by atoms with Crippen LogP contribution in [0.25, 0.3) is 62.4 Å². The van der Waals surface area contributed by atoms with Gasteiger partial charge in [0.15, 0.2) is 0 Å². The summed E-state index contributed by atoms with van der Waals surface area (Å²) in [5.74, 6) is 1.79. The van der Waals surface area contributed by atoms with E-state index in [1.165, 1.54) is 90.7 Å². The van der Waals surface area contributed by atoms with Gasteiger partial charge in [-0.3, -0.25) is 0 Å². The average molecular weight is 841 g/mol. The smallest absolute Gasteiger partial charge is 0.492 e. The van der Waals surface area contributed by atoms with E-state index in [0.29, 0.717) is 13.2 Å². The molecule has 5 aromatic rings. The normalized spacial score (nSPS) is 16.8. The van der Waals surface area contributed by atoms with Crippen molar-refractivity contribution in [3.8, 4) is 43.1 Å². The molecule has 0 atom stereocenters. The third-order valence-electron chi connectivity index (χ3n) is 12.0. The lowest BCUT2D eigenvalue weighted by molar-refractivity contribution is 0.315. The molecule has 2 saturated carbocycles. The Morgan fingerprint density at radius 2 is 1.30 bits per heavy atom. The molecule has 4 aliphatic rings. The molecule has 0 aliphatic heterocycles. The molecular weight excluding hydrogens is 801 g/mol. The zero-order valence-corrected chi connectivity index (χ0v) is 36.1. The molecule has 286 valence electrons. The van der Waals surface area contributed by atoms with Crippen LogP contribution in [0, 0.1) is 35.8 Å². The third kappa shape index (κ3) is 6.14. The van der Waals surface area contributed by atoms with Crippen molar-refractivity contribution in [3.05, 3.63) is 88.6 Å². The first-order chi connectivity index (χ1) is 27.9. The summed E-state index contributed by atoms with van der Waals surface area (Å²) in [6, 6.07) is 10.4. The van der Waals surface area contributed by atoms with Gasteiger partial charge in [-0.05, 0) is 85.6 Å². The number of allylic oxidation sites excluding steroid dienone is 2. The molecular formula is C46H40N4O2S5. The van der Waals surface area contributed by atoms with Crippen molar-refractivity contribution in [2.24, 2.45) is 0 Å². The minimum absolute atomic E-state index is 0.0223. The van der Waals surface area contributed by atoms with E-state index in [2.05, 4.69) is 41.7 Å². The Kier molecular flexibility index (Phi) is 10.3. The zero-order valence-electron chi connectivity index (χ0n) is 32.0. The standard InChI is InChI=1S/C46H40N4O2S5/c1-5-17-51-31-21-29(22-36(49-3)50-4)53-40(31)30-23-33-37(45(30)13-9-7-10-14-45)38-43(55-33)44-39(46(38)15-11-8-12-16-46)42-35(57-44)24-34(56-42)41-32(52-18-6-2)20-28(54-41)19-27(25-47)26-48/h19-24H,5-18H2,1-2H3. The Morgan fingerprint density at radius 1 is 0.702 bits per heavy atom. The SMILES string of the molecule is [C-]#[N+]C(=Cc1cc(OCCC)c(C2=Cc3sc4c(c3C23CCCCC3)C2(CCCCC2)c2c-4sc3cc(-c4sc(C=C(C#N)C#N)cc4OCCC)sc23)s1)[N+]#[C-]. The molecule has 0 unspecified atom stereocenters. The first-order valence-electron chi connectivity index (χ1n) is 19.9. The van der Waals surface area contributed by atoms with Gasteiger partial charge < -0.3 is 9.47 Å². The highest BCUT2D eigenvalue weighted by Gasteiger charge is 2.56. The lowest BCUT2D eigenvalue weighted by Crippen LogP contribution is -2.34. The Morgan fingerprint density at radius 3 is 1.93 bits per heavy atom. The molecule has 11 heteroatoms. The maximum absolute atomic E-state index is 9.47. The van der Waals surface area contributed by atoms with Crippen molar-refractivity contribution in [1.29, 1.82) is 10.5 Å². The van der Waals surface area contributed by atoms with E-state index >= 15 is 0 Å². The first-order valence-corrected chi connectivity index (χ1v) is 24.0. The van der Waals surface area contributed by atoms with Crippen LogP contribution in [0.3, 0.4) is 0 Å². The monoisotopic (exact) mass is 840 g/mol. The summed E-state index contributed by atoms with van der Waals surface area (Å²) in [6.45, 7) is 20.5. The van der Waals surface area contributed by atoms with Gasteiger partial charge in [0.1, 0.15) is 42.4 Å². The lowest BCUT2D eigenvalue weighted by atomic mass is 9.61. The van der Waals surface area contributed by atoms with Gasteiger partial charge in [-0.15, -0.1) is 56.7 Å². The highest BCUT2D eigenvalue weighted by molar-refractivity contribution is 7.34. The maximum atomic E-state index is 9.47. The number of hydrogen-bond acceptors (Lipinski definition) is 9. The molecule has 9 rings (SSSR count). The van der Waals surface area contributed by atoms with Crippen LogP contribution >= 0.6 is 56.7 Å². The van der Waals surface area contributed by atoms with Crippen molar-refractivity contribution in [1.82, 2.24) is 0 Å². The van der Waals surface area contributed by atoms with Crippen LogP contribution in [0.5, 0.6) is 11.5 Å². The molecule has 57 heavy (non-hydrogen) atoms. The van der Waals surface area contributed by atoms with Crippen LogP contribution in [0.4, 0.5) is 0 Å². The predicted octanol–water partition coefficient (Wildman–Crippen LogP) is 14.9. The summed E-state index contributed by atoms with van der Waals surface area (Å²) in [5, 5.41) is 18.9.